The van der Waals surface area contributed by atoms with E-state index in [4.69, 9.17) is 4.74 Å². The van der Waals surface area contributed by atoms with E-state index in [2.05, 4.69) is 20.7 Å². The SMILES string of the molecule is C[C@H]1Oc2ccc(NC(=O)CNC(=O)c3ccccc3OC(F)F)cc2NC1=O. The average Bonchev–Trinajstić information content (AvgIpc) is 2.67. The Morgan fingerprint density at radius 2 is 2.00 bits per heavy atom. The van der Waals surface area contributed by atoms with Gasteiger partial charge in [-0.3, -0.25) is 14.4 Å². The highest BCUT2D eigenvalue weighted by molar-refractivity contribution is 6.02. The molecule has 0 bridgehead atoms. The highest BCUT2D eigenvalue weighted by atomic mass is 19.3. The van der Waals surface area contributed by atoms with Gasteiger partial charge in [-0.15, -0.1) is 0 Å². The van der Waals surface area contributed by atoms with E-state index < -0.39 is 31.1 Å². The highest BCUT2D eigenvalue weighted by Crippen LogP contribution is 2.32. The maximum Gasteiger partial charge on any atom is 0.387 e. The van der Waals surface area contributed by atoms with Crippen molar-refractivity contribution in [1.82, 2.24) is 5.32 Å². The Balaban J connectivity index is 1.59. The smallest absolute Gasteiger partial charge is 0.387 e. The van der Waals surface area contributed by atoms with Gasteiger partial charge in [-0.05, 0) is 37.3 Å². The summed E-state index contributed by atoms with van der Waals surface area (Å²) >= 11 is 0. The highest BCUT2D eigenvalue weighted by Gasteiger charge is 2.23. The average molecular weight is 405 g/mol. The number of anilines is 2. The van der Waals surface area contributed by atoms with Crippen LogP contribution in [0.3, 0.4) is 0 Å². The predicted octanol–water partition coefficient (Wildman–Crippen LogP) is 2.38. The number of fused-ring (bicyclic) bond motifs is 1. The summed E-state index contributed by atoms with van der Waals surface area (Å²) < 4.78 is 34.6. The minimum absolute atomic E-state index is 0.122. The maximum atomic E-state index is 12.4. The van der Waals surface area contributed by atoms with Gasteiger partial charge in [0, 0.05) is 5.69 Å². The zero-order valence-corrected chi connectivity index (χ0v) is 15.2. The molecule has 3 amide bonds. The zero-order chi connectivity index (χ0) is 21.0. The number of amides is 3. The lowest BCUT2D eigenvalue weighted by Gasteiger charge is -2.23. The molecule has 29 heavy (non-hydrogen) atoms. The van der Waals surface area contributed by atoms with Crippen LogP contribution < -0.4 is 25.4 Å². The molecule has 2 aromatic rings. The summed E-state index contributed by atoms with van der Waals surface area (Å²) in [6, 6.07) is 10.2. The van der Waals surface area contributed by atoms with E-state index in [9.17, 15) is 23.2 Å². The molecule has 1 aliphatic heterocycles. The monoisotopic (exact) mass is 405 g/mol. The van der Waals surface area contributed by atoms with Crippen molar-refractivity contribution in [3.8, 4) is 11.5 Å². The van der Waals surface area contributed by atoms with E-state index in [0.29, 0.717) is 17.1 Å². The third-order valence-electron chi connectivity index (χ3n) is 3.95. The Labute approximate surface area is 164 Å². The minimum atomic E-state index is -3.08. The number of nitrogens with one attached hydrogen (secondary N) is 3. The van der Waals surface area contributed by atoms with Crippen LogP contribution in [-0.2, 0) is 9.59 Å². The third-order valence-corrected chi connectivity index (χ3v) is 3.95. The number of carbonyl (C=O) groups is 3. The van der Waals surface area contributed by atoms with E-state index in [0.717, 1.165) is 0 Å². The fourth-order valence-corrected chi connectivity index (χ4v) is 2.60. The summed E-state index contributed by atoms with van der Waals surface area (Å²) in [7, 11) is 0. The molecule has 2 aromatic carbocycles. The van der Waals surface area contributed by atoms with E-state index in [1.807, 2.05) is 0 Å². The molecule has 8 nitrogen and oxygen atoms in total. The van der Waals surface area contributed by atoms with Gasteiger partial charge in [0.25, 0.3) is 11.8 Å². The first-order valence-electron chi connectivity index (χ1n) is 8.57. The van der Waals surface area contributed by atoms with Crippen LogP contribution in [0.25, 0.3) is 0 Å². The topological polar surface area (TPSA) is 106 Å². The molecule has 0 unspecified atom stereocenters. The van der Waals surface area contributed by atoms with Crippen LogP contribution in [-0.4, -0.2) is 37.0 Å². The molecule has 1 heterocycles. The summed E-state index contributed by atoms with van der Waals surface area (Å²) in [5.74, 6) is -1.42. The summed E-state index contributed by atoms with van der Waals surface area (Å²) in [5.41, 5.74) is 0.666. The van der Waals surface area contributed by atoms with Crippen molar-refractivity contribution in [2.45, 2.75) is 19.6 Å². The van der Waals surface area contributed by atoms with Crippen LogP contribution >= 0.6 is 0 Å². The first-order valence-corrected chi connectivity index (χ1v) is 8.57. The summed E-state index contributed by atoms with van der Waals surface area (Å²) in [6.07, 6.45) is -0.616. The second-order valence-corrected chi connectivity index (χ2v) is 6.07. The molecule has 0 aromatic heterocycles. The molecule has 0 saturated carbocycles. The number of hydrogen-bond donors (Lipinski definition) is 3. The second kappa shape index (κ2) is 8.55. The van der Waals surface area contributed by atoms with Crippen LogP contribution in [0.15, 0.2) is 42.5 Å². The van der Waals surface area contributed by atoms with Gasteiger partial charge in [-0.25, -0.2) is 0 Å². The number of hydrogen-bond acceptors (Lipinski definition) is 5. The van der Waals surface area contributed by atoms with Crippen molar-refractivity contribution in [3.63, 3.8) is 0 Å². The summed E-state index contributed by atoms with van der Waals surface area (Å²) in [6.45, 7) is -1.87. The first-order chi connectivity index (χ1) is 13.8. The van der Waals surface area contributed by atoms with Crippen molar-refractivity contribution < 1.29 is 32.6 Å². The van der Waals surface area contributed by atoms with Gasteiger partial charge in [-0.1, -0.05) is 12.1 Å². The third kappa shape index (κ3) is 4.98. The molecular formula is C19H17F2N3O5. The fourth-order valence-electron chi connectivity index (χ4n) is 2.60. The number of halogens is 2. The fraction of sp³-hybridized carbons (Fsp3) is 0.211. The van der Waals surface area contributed by atoms with Gasteiger partial charge in [0.1, 0.15) is 11.5 Å². The van der Waals surface area contributed by atoms with Crippen LogP contribution in [0.1, 0.15) is 17.3 Å². The molecular weight excluding hydrogens is 388 g/mol. The quantitative estimate of drug-likeness (QED) is 0.684. The van der Waals surface area contributed by atoms with Crippen molar-refractivity contribution in [2.75, 3.05) is 17.2 Å². The lowest BCUT2D eigenvalue weighted by atomic mass is 10.2. The van der Waals surface area contributed by atoms with Gasteiger partial charge in [0.05, 0.1) is 17.8 Å². The van der Waals surface area contributed by atoms with Gasteiger partial charge < -0.3 is 25.4 Å². The normalized spacial score (nSPS) is 15.0. The second-order valence-electron chi connectivity index (χ2n) is 6.07. The Kier molecular flexibility index (Phi) is 5.91. The Morgan fingerprint density at radius 1 is 1.24 bits per heavy atom. The number of rotatable bonds is 6. The van der Waals surface area contributed by atoms with E-state index in [1.165, 1.54) is 30.3 Å². The van der Waals surface area contributed by atoms with E-state index in [1.54, 1.807) is 19.1 Å². The van der Waals surface area contributed by atoms with E-state index >= 15 is 0 Å². The van der Waals surface area contributed by atoms with Crippen molar-refractivity contribution in [3.05, 3.63) is 48.0 Å². The molecule has 0 saturated heterocycles. The van der Waals surface area contributed by atoms with Crippen molar-refractivity contribution >= 4 is 29.1 Å². The molecule has 10 heteroatoms. The maximum absolute atomic E-state index is 12.4. The van der Waals surface area contributed by atoms with Gasteiger partial charge >= 0.3 is 6.61 Å². The number of para-hydroxylation sites is 1. The minimum Gasteiger partial charge on any atom is -0.479 e. The van der Waals surface area contributed by atoms with Crippen molar-refractivity contribution in [2.24, 2.45) is 0 Å². The number of benzene rings is 2. The molecule has 3 N–H and O–H groups in total. The predicted molar refractivity (Wildman–Crippen MR) is 99.2 cm³/mol. The molecule has 0 spiro atoms. The number of carbonyl (C=O) groups excluding carboxylic acids is 3. The van der Waals surface area contributed by atoms with Crippen LogP contribution in [0.2, 0.25) is 0 Å². The van der Waals surface area contributed by atoms with Gasteiger partial charge in [-0.2, -0.15) is 8.78 Å². The molecule has 152 valence electrons. The largest absolute Gasteiger partial charge is 0.479 e. The van der Waals surface area contributed by atoms with Gasteiger partial charge in [0.15, 0.2) is 6.10 Å². The summed E-state index contributed by atoms with van der Waals surface area (Å²) in [5, 5.41) is 7.55. The van der Waals surface area contributed by atoms with E-state index in [-0.39, 0.29) is 17.2 Å². The van der Waals surface area contributed by atoms with Crippen LogP contribution in [0, 0.1) is 0 Å². The molecule has 0 aliphatic carbocycles. The Bertz CT molecular complexity index is 951. The lowest BCUT2D eigenvalue weighted by Crippen LogP contribution is -2.34. The molecule has 0 fully saturated rings. The standard InChI is InChI=1S/C19H17F2N3O5/c1-10-17(26)24-13-8-11(6-7-15(13)28-10)23-16(25)9-22-18(27)12-4-2-3-5-14(12)29-19(20)21/h2-8,10,19H,9H2,1H3,(H,22,27)(H,23,25)(H,24,26)/t10-/m1/s1. The Hall–Kier alpha value is -3.69. The first kappa shape index (κ1) is 20.1. The number of ether oxygens (including phenoxy) is 2. The zero-order valence-electron chi connectivity index (χ0n) is 15.2. The van der Waals surface area contributed by atoms with Gasteiger partial charge in [0.2, 0.25) is 5.91 Å². The molecule has 1 aliphatic rings. The molecule has 1 atom stereocenters. The molecule has 0 radical (unpaired) electrons. The number of alkyl halides is 2. The summed E-state index contributed by atoms with van der Waals surface area (Å²) in [4.78, 5) is 36.0. The molecule has 3 rings (SSSR count). The Morgan fingerprint density at radius 3 is 2.76 bits per heavy atom. The van der Waals surface area contributed by atoms with Crippen LogP contribution in [0.4, 0.5) is 20.2 Å². The lowest BCUT2D eigenvalue weighted by molar-refractivity contribution is -0.122. The van der Waals surface area contributed by atoms with Crippen molar-refractivity contribution in [1.29, 1.82) is 0 Å². The van der Waals surface area contributed by atoms with Crippen LogP contribution in [0.5, 0.6) is 11.5 Å².